The number of hydrogen-bond acceptors (Lipinski definition) is 5. The SMILES string of the molecule is Cc1cc(C)c2c(-n3cccc3)c(C(=O)OCC(=O)c3cc(C)[nH]c3C)sc2n1. The molecule has 0 atom stereocenters. The van der Waals surface area contributed by atoms with Crippen molar-refractivity contribution in [2.24, 2.45) is 0 Å². The number of esters is 1. The van der Waals surface area contributed by atoms with Gasteiger partial charge in [-0.3, -0.25) is 4.79 Å². The van der Waals surface area contributed by atoms with Crippen LogP contribution in [0.1, 0.15) is 42.7 Å². The van der Waals surface area contributed by atoms with Gasteiger partial charge in [0.2, 0.25) is 5.78 Å². The van der Waals surface area contributed by atoms with Crippen LogP contribution in [0.5, 0.6) is 0 Å². The molecule has 0 saturated heterocycles. The van der Waals surface area contributed by atoms with E-state index in [1.54, 1.807) is 6.07 Å². The average Bonchev–Trinajstić information content (AvgIpc) is 3.37. The van der Waals surface area contributed by atoms with Crippen molar-refractivity contribution in [3.8, 4) is 5.69 Å². The monoisotopic (exact) mass is 407 g/mol. The highest BCUT2D eigenvalue weighted by atomic mass is 32.1. The Labute approximate surface area is 172 Å². The van der Waals surface area contributed by atoms with E-state index in [1.807, 2.05) is 62.9 Å². The van der Waals surface area contributed by atoms with E-state index in [1.165, 1.54) is 11.3 Å². The third-order valence-electron chi connectivity index (χ3n) is 4.79. The molecule has 29 heavy (non-hydrogen) atoms. The lowest BCUT2D eigenvalue weighted by molar-refractivity contribution is 0.0479. The largest absolute Gasteiger partial charge is 0.453 e. The molecule has 148 valence electrons. The van der Waals surface area contributed by atoms with E-state index in [-0.39, 0.29) is 12.4 Å². The molecule has 4 aromatic heterocycles. The molecular formula is C22H21N3O3S. The van der Waals surface area contributed by atoms with Crippen molar-refractivity contribution in [2.75, 3.05) is 6.61 Å². The van der Waals surface area contributed by atoms with Crippen LogP contribution >= 0.6 is 11.3 Å². The Morgan fingerprint density at radius 1 is 1.14 bits per heavy atom. The number of Topliss-reactive ketones (excluding diaryl/α,β-unsaturated/α-hetero) is 1. The highest BCUT2D eigenvalue weighted by Gasteiger charge is 2.24. The first-order valence-electron chi connectivity index (χ1n) is 9.25. The van der Waals surface area contributed by atoms with Crippen LogP contribution in [0.25, 0.3) is 15.9 Å². The summed E-state index contributed by atoms with van der Waals surface area (Å²) in [4.78, 5) is 34.3. The summed E-state index contributed by atoms with van der Waals surface area (Å²) < 4.78 is 7.30. The molecule has 0 unspecified atom stereocenters. The number of hydrogen-bond donors (Lipinski definition) is 1. The first-order chi connectivity index (χ1) is 13.8. The zero-order chi connectivity index (χ0) is 20.7. The predicted octanol–water partition coefficient (Wildman–Crippen LogP) is 4.69. The second kappa shape index (κ2) is 7.33. The van der Waals surface area contributed by atoms with Gasteiger partial charge in [0.05, 0.1) is 5.69 Å². The maximum atomic E-state index is 12.9. The van der Waals surface area contributed by atoms with Gasteiger partial charge in [-0.1, -0.05) is 0 Å². The molecule has 1 N–H and O–H groups in total. The second-order valence-corrected chi connectivity index (χ2v) is 8.12. The van der Waals surface area contributed by atoms with E-state index in [2.05, 4.69) is 9.97 Å². The number of carbonyl (C=O) groups excluding carboxylic acids is 2. The van der Waals surface area contributed by atoms with Gasteiger partial charge in [-0.2, -0.15) is 0 Å². The Hall–Kier alpha value is -3.19. The maximum absolute atomic E-state index is 12.9. The molecule has 0 aliphatic rings. The van der Waals surface area contributed by atoms with Gasteiger partial charge >= 0.3 is 5.97 Å². The fourth-order valence-corrected chi connectivity index (χ4v) is 4.77. The smallest absolute Gasteiger partial charge is 0.351 e. The van der Waals surface area contributed by atoms with E-state index >= 15 is 0 Å². The van der Waals surface area contributed by atoms with Gasteiger partial charge in [0.15, 0.2) is 6.61 Å². The molecule has 0 saturated carbocycles. The molecule has 4 heterocycles. The van der Waals surface area contributed by atoms with Crippen molar-refractivity contribution < 1.29 is 14.3 Å². The van der Waals surface area contributed by atoms with Crippen LogP contribution in [0, 0.1) is 27.7 Å². The number of aromatic nitrogens is 3. The number of thiophene rings is 1. The van der Waals surface area contributed by atoms with Gasteiger partial charge in [-0.05, 0) is 57.5 Å². The minimum Gasteiger partial charge on any atom is -0.453 e. The van der Waals surface area contributed by atoms with Crippen LogP contribution in [0.2, 0.25) is 0 Å². The van der Waals surface area contributed by atoms with Gasteiger partial charge in [-0.15, -0.1) is 11.3 Å². The Kier molecular flexibility index (Phi) is 4.84. The van der Waals surface area contributed by atoms with Crippen molar-refractivity contribution in [3.63, 3.8) is 0 Å². The molecule has 0 radical (unpaired) electrons. The molecule has 4 aromatic rings. The van der Waals surface area contributed by atoms with Gasteiger partial charge in [0.1, 0.15) is 9.71 Å². The Balaban J connectivity index is 1.69. The minimum atomic E-state index is -0.521. The fourth-order valence-electron chi connectivity index (χ4n) is 3.58. The topological polar surface area (TPSA) is 77.0 Å². The number of aryl methyl sites for hydroxylation is 4. The van der Waals surface area contributed by atoms with Crippen molar-refractivity contribution in [3.05, 3.63) is 69.7 Å². The summed E-state index contributed by atoms with van der Waals surface area (Å²) in [5.41, 5.74) is 4.89. The number of rotatable bonds is 5. The van der Waals surface area contributed by atoms with E-state index in [9.17, 15) is 9.59 Å². The molecular weight excluding hydrogens is 386 g/mol. The number of ketones is 1. The predicted molar refractivity (Wildman–Crippen MR) is 113 cm³/mol. The van der Waals surface area contributed by atoms with Crippen molar-refractivity contribution >= 4 is 33.3 Å². The zero-order valence-corrected chi connectivity index (χ0v) is 17.5. The molecule has 0 spiro atoms. The van der Waals surface area contributed by atoms with Crippen LogP contribution in [0.4, 0.5) is 0 Å². The van der Waals surface area contributed by atoms with E-state index in [0.29, 0.717) is 10.4 Å². The Bertz CT molecular complexity index is 1230. The number of H-pyrrole nitrogens is 1. The van der Waals surface area contributed by atoms with Crippen molar-refractivity contribution in [1.29, 1.82) is 0 Å². The molecule has 0 aromatic carbocycles. The summed E-state index contributed by atoms with van der Waals surface area (Å²) in [5, 5.41) is 0.923. The summed E-state index contributed by atoms with van der Waals surface area (Å²) in [6, 6.07) is 7.57. The molecule has 0 fully saturated rings. The van der Waals surface area contributed by atoms with Gasteiger partial charge < -0.3 is 14.3 Å². The second-order valence-electron chi connectivity index (χ2n) is 7.12. The quantitative estimate of drug-likeness (QED) is 0.385. The number of nitrogens with zero attached hydrogens (tertiary/aromatic N) is 2. The lowest BCUT2D eigenvalue weighted by Gasteiger charge is -2.08. The van der Waals surface area contributed by atoms with Gasteiger partial charge in [0.25, 0.3) is 0 Å². The summed E-state index contributed by atoms with van der Waals surface area (Å²) in [7, 11) is 0. The molecule has 0 amide bonds. The maximum Gasteiger partial charge on any atom is 0.351 e. The Morgan fingerprint density at radius 2 is 1.86 bits per heavy atom. The van der Waals surface area contributed by atoms with E-state index in [0.717, 1.165) is 38.5 Å². The van der Waals surface area contributed by atoms with E-state index < -0.39 is 5.97 Å². The third kappa shape index (κ3) is 3.49. The Morgan fingerprint density at radius 3 is 2.52 bits per heavy atom. The van der Waals surface area contributed by atoms with Crippen LogP contribution in [0.15, 0.2) is 36.7 Å². The van der Waals surface area contributed by atoms with Crippen LogP contribution in [0.3, 0.4) is 0 Å². The molecule has 4 rings (SSSR count). The highest BCUT2D eigenvalue weighted by molar-refractivity contribution is 7.21. The number of nitrogens with one attached hydrogen (secondary N) is 1. The number of aromatic amines is 1. The molecule has 0 bridgehead atoms. The number of fused-ring (bicyclic) bond motifs is 1. The number of pyridine rings is 1. The molecule has 6 nitrogen and oxygen atoms in total. The van der Waals surface area contributed by atoms with E-state index in [4.69, 9.17) is 4.74 Å². The summed E-state index contributed by atoms with van der Waals surface area (Å²) in [6.07, 6.45) is 3.77. The van der Waals surface area contributed by atoms with Crippen LogP contribution < -0.4 is 0 Å². The summed E-state index contributed by atoms with van der Waals surface area (Å²) in [5.74, 6) is -0.749. The number of carbonyl (C=O) groups is 2. The molecule has 0 aliphatic carbocycles. The lowest BCUT2D eigenvalue weighted by Crippen LogP contribution is -2.15. The minimum absolute atomic E-state index is 0.228. The number of ether oxygens (including phenoxy) is 1. The van der Waals surface area contributed by atoms with Gasteiger partial charge in [0, 0.05) is 40.4 Å². The lowest BCUT2D eigenvalue weighted by atomic mass is 10.1. The zero-order valence-electron chi connectivity index (χ0n) is 16.7. The van der Waals surface area contributed by atoms with Crippen molar-refractivity contribution in [1.82, 2.24) is 14.5 Å². The van der Waals surface area contributed by atoms with Crippen LogP contribution in [-0.2, 0) is 4.74 Å². The summed E-state index contributed by atoms with van der Waals surface area (Å²) >= 11 is 1.29. The van der Waals surface area contributed by atoms with Crippen molar-refractivity contribution in [2.45, 2.75) is 27.7 Å². The van der Waals surface area contributed by atoms with Crippen LogP contribution in [-0.4, -0.2) is 32.9 Å². The average molecular weight is 407 g/mol. The fraction of sp³-hybridized carbons (Fsp3) is 0.227. The summed E-state index contributed by atoms with van der Waals surface area (Å²) in [6.45, 7) is 7.34. The first-order valence-corrected chi connectivity index (χ1v) is 10.1. The van der Waals surface area contributed by atoms with Gasteiger partial charge in [-0.25, -0.2) is 9.78 Å². The molecule has 7 heteroatoms. The standard InChI is InChI=1S/C22H21N3O3S/c1-12-9-13(2)24-21-18(12)19(25-7-5-6-8-25)20(29-21)22(27)28-11-17(26)16-10-14(3)23-15(16)4/h5-10,23H,11H2,1-4H3. The highest BCUT2D eigenvalue weighted by Crippen LogP contribution is 2.36. The normalized spacial score (nSPS) is 11.2. The first kappa shape index (κ1) is 19.1. The third-order valence-corrected chi connectivity index (χ3v) is 5.85. The molecule has 0 aliphatic heterocycles.